The Balaban J connectivity index is 1.98. The number of carbonyl (C=O) groups is 1. The number of hydrogen-bond acceptors (Lipinski definition) is 6. The van der Waals surface area contributed by atoms with Crippen molar-refractivity contribution in [2.75, 3.05) is 7.11 Å². The molecule has 1 aliphatic carbocycles. The average molecular weight is 284 g/mol. The van der Waals surface area contributed by atoms with E-state index < -0.39 is 5.97 Å². The highest BCUT2D eigenvalue weighted by molar-refractivity contribution is 6.04. The molecule has 0 saturated heterocycles. The molecule has 6 heteroatoms. The SMILES string of the molecule is COC(=O)c1cc(-c2ccco2)nc2onc(C3CC3)c12. The molecule has 0 radical (unpaired) electrons. The summed E-state index contributed by atoms with van der Waals surface area (Å²) in [5, 5.41) is 4.73. The molecule has 1 saturated carbocycles. The molecular weight excluding hydrogens is 272 g/mol. The summed E-state index contributed by atoms with van der Waals surface area (Å²) in [5.74, 6) is 0.484. The fourth-order valence-corrected chi connectivity index (χ4v) is 2.43. The number of rotatable bonds is 3. The number of nitrogens with zero attached hydrogens (tertiary/aromatic N) is 2. The number of furan rings is 1. The first-order valence-corrected chi connectivity index (χ1v) is 6.70. The number of aromatic nitrogens is 2. The molecule has 1 aliphatic rings. The van der Waals surface area contributed by atoms with Crippen molar-refractivity contribution in [3.05, 3.63) is 35.7 Å². The lowest BCUT2D eigenvalue weighted by Gasteiger charge is -2.04. The van der Waals surface area contributed by atoms with Gasteiger partial charge in [-0.2, -0.15) is 0 Å². The average Bonchev–Trinajstić information content (AvgIpc) is 3.05. The van der Waals surface area contributed by atoms with E-state index in [1.807, 2.05) is 0 Å². The zero-order valence-corrected chi connectivity index (χ0v) is 11.3. The van der Waals surface area contributed by atoms with E-state index in [2.05, 4.69) is 10.1 Å². The summed E-state index contributed by atoms with van der Waals surface area (Å²) in [6, 6.07) is 5.19. The lowest BCUT2D eigenvalue weighted by molar-refractivity contribution is 0.0603. The first-order valence-electron chi connectivity index (χ1n) is 6.70. The van der Waals surface area contributed by atoms with Crippen molar-refractivity contribution in [1.29, 1.82) is 0 Å². The number of carbonyl (C=O) groups excluding carboxylic acids is 1. The van der Waals surface area contributed by atoms with Crippen molar-refractivity contribution in [2.24, 2.45) is 0 Å². The Hall–Kier alpha value is -2.63. The van der Waals surface area contributed by atoms with Crippen molar-refractivity contribution >= 4 is 17.1 Å². The van der Waals surface area contributed by atoms with Crippen molar-refractivity contribution in [3.8, 4) is 11.5 Å². The molecule has 0 atom stereocenters. The van der Waals surface area contributed by atoms with Crippen LogP contribution in [0.25, 0.3) is 22.6 Å². The van der Waals surface area contributed by atoms with Gasteiger partial charge in [-0.05, 0) is 31.0 Å². The highest BCUT2D eigenvalue weighted by atomic mass is 16.5. The van der Waals surface area contributed by atoms with Gasteiger partial charge in [0.05, 0.1) is 30.0 Å². The van der Waals surface area contributed by atoms with E-state index >= 15 is 0 Å². The fraction of sp³-hybridized carbons (Fsp3) is 0.267. The van der Waals surface area contributed by atoms with Gasteiger partial charge in [0.2, 0.25) is 0 Å². The van der Waals surface area contributed by atoms with Gasteiger partial charge < -0.3 is 13.7 Å². The molecule has 0 spiro atoms. The summed E-state index contributed by atoms with van der Waals surface area (Å²) in [7, 11) is 1.35. The summed E-state index contributed by atoms with van der Waals surface area (Å²) in [6.07, 6.45) is 3.67. The minimum absolute atomic E-state index is 0.339. The van der Waals surface area contributed by atoms with Gasteiger partial charge in [0.15, 0.2) is 5.76 Å². The van der Waals surface area contributed by atoms with E-state index in [4.69, 9.17) is 13.7 Å². The molecule has 106 valence electrons. The molecule has 0 aromatic carbocycles. The molecule has 21 heavy (non-hydrogen) atoms. The monoisotopic (exact) mass is 284 g/mol. The number of fused-ring (bicyclic) bond motifs is 1. The molecule has 3 aromatic heterocycles. The Morgan fingerprint density at radius 1 is 1.43 bits per heavy atom. The normalized spacial score (nSPS) is 14.5. The second kappa shape index (κ2) is 4.44. The third-order valence-corrected chi connectivity index (χ3v) is 3.62. The zero-order chi connectivity index (χ0) is 14.4. The third-order valence-electron chi connectivity index (χ3n) is 3.62. The molecule has 0 amide bonds. The van der Waals surface area contributed by atoms with Crippen LogP contribution in [0.1, 0.15) is 34.8 Å². The molecular formula is C15H12N2O4. The van der Waals surface area contributed by atoms with Gasteiger partial charge >= 0.3 is 5.97 Å². The van der Waals surface area contributed by atoms with Gasteiger partial charge in [-0.15, -0.1) is 0 Å². The first kappa shape index (κ1) is 12.1. The minimum Gasteiger partial charge on any atom is -0.465 e. The highest BCUT2D eigenvalue weighted by Crippen LogP contribution is 2.43. The third kappa shape index (κ3) is 1.91. The largest absolute Gasteiger partial charge is 0.465 e. The topological polar surface area (TPSA) is 78.4 Å². The summed E-state index contributed by atoms with van der Waals surface area (Å²) >= 11 is 0. The van der Waals surface area contributed by atoms with E-state index in [0.29, 0.717) is 34.0 Å². The number of methoxy groups -OCH3 is 1. The predicted octanol–water partition coefficient (Wildman–Crippen LogP) is 3.15. The fourth-order valence-electron chi connectivity index (χ4n) is 2.43. The predicted molar refractivity (Wildman–Crippen MR) is 72.8 cm³/mol. The molecule has 0 aliphatic heterocycles. The Bertz CT molecular complexity index is 816. The molecule has 4 rings (SSSR count). The van der Waals surface area contributed by atoms with E-state index in [-0.39, 0.29) is 0 Å². The van der Waals surface area contributed by atoms with Crippen molar-refractivity contribution < 1.29 is 18.5 Å². The van der Waals surface area contributed by atoms with Crippen molar-refractivity contribution in [1.82, 2.24) is 10.1 Å². The minimum atomic E-state index is -0.430. The summed E-state index contributed by atoms with van der Waals surface area (Å²) < 4.78 is 15.5. The van der Waals surface area contributed by atoms with Crippen LogP contribution >= 0.6 is 0 Å². The second-order valence-electron chi connectivity index (χ2n) is 5.05. The standard InChI is InChI=1S/C15H12N2O4/c1-19-15(18)9-7-10(11-3-2-6-20-11)16-14-12(9)13(17-21-14)8-4-5-8/h2-3,6-8H,4-5H2,1H3. The van der Waals surface area contributed by atoms with E-state index in [0.717, 1.165) is 18.5 Å². The van der Waals surface area contributed by atoms with E-state index in [1.165, 1.54) is 7.11 Å². The quantitative estimate of drug-likeness (QED) is 0.687. The van der Waals surface area contributed by atoms with Crippen LogP contribution in [0.2, 0.25) is 0 Å². The Kier molecular flexibility index (Phi) is 2.57. The Morgan fingerprint density at radius 2 is 2.29 bits per heavy atom. The van der Waals surface area contributed by atoms with E-state index in [1.54, 1.807) is 24.5 Å². The lowest BCUT2D eigenvalue weighted by atomic mass is 10.1. The van der Waals surface area contributed by atoms with Gasteiger partial charge in [0.1, 0.15) is 5.69 Å². The van der Waals surface area contributed by atoms with Crippen LogP contribution in [-0.4, -0.2) is 23.2 Å². The number of hydrogen-bond donors (Lipinski definition) is 0. The number of esters is 1. The molecule has 0 N–H and O–H groups in total. The van der Waals surface area contributed by atoms with Crippen LogP contribution in [-0.2, 0) is 4.74 Å². The molecule has 3 aromatic rings. The van der Waals surface area contributed by atoms with Crippen LogP contribution in [0.15, 0.2) is 33.4 Å². The van der Waals surface area contributed by atoms with Gasteiger partial charge in [0.25, 0.3) is 5.71 Å². The maximum absolute atomic E-state index is 12.1. The molecule has 3 heterocycles. The Labute approximate surface area is 119 Å². The summed E-state index contributed by atoms with van der Waals surface area (Å²) in [4.78, 5) is 16.5. The smallest absolute Gasteiger partial charge is 0.338 e. The first-order chi connectivity index (χ1) is 10.3. The highest BCUT2D eigenvalue weighted by Gasteiger charge is 2.32. The van der Waals surface area contributed by atoms with Crippen molar-refractivity contribution in [2.45, 2.75) is 18.8 Å². The molecule has 6 nitrogen and oxygen atoms in total. The van der Waals surface area contributed by atoms with Crippen LogP contribution in [0.4, 0.5) is 0 Å². The van der Waals surface area contributed by atoms with Crippen LogP contribution < -0.4 is 0 Å². The van der Waals surface area contributed by atoms with E-state index in [9.17, 15) is 4.79 Å². The summed E-state index contributed by atoms with van der Waals surface area (Å²) in [5.41, 5.74) is 2.07. The lowest BCUT2D eigenvalue weighted by Crippen LogP contribution is -2.04. The van der Waals surface area contributed by atoms with Crippen LogP contribution in [0, 0.1) is 0 Å². The van der Waals surface area contributed by atoms with Gasteiger partial charge in [-0.1, -0.05) is 5.16 Å². The van der Waals surface area contributed by atoms with Crippen LogP contribution in [0.3, 0.4) is 0 Å². The van der Waals surface area contributed by atoms with Gasteiger partial charge in [0, 0.05) is 5.92 Å². The van der Waals surface area contributed by atoms with Crippen molar-refractivity contribution in [3.63, 3.8) is 0 Å². The van der Waals surface area contributed by atoms with Gasteiger partial charge in [-0.25, -0.2) is 9.78 Å². The molecule has 0 unspecified atom stereocenters. The summed E-state index contributed by atoms with van der Waals surface area (Å²) in [6.45, 7) is 0. The number of pyridine rings is 1. The van der Waals surface area contributed by atoms with Gasteiger partial charge in [-0.3, -0.25) is 0 Å². The number of ether oxygens (including phenoxy) is 1. The second-order valence-corrected chi connectivity index (χ2v) is 5.05. The van der Waals surface area contributed by atoms with Crippen LogP contribution in [0.5, 0.6) is 0 Å². The molecule has 0 bridgehead atoms. The maximum atomic E-state index is 12.1. The molecule has 1 fully saturated rings. The Morgan fingerprint density at radius 3 is 2.95 bits per heavy atom. The zero-order valence-electron chi connectivity index (χ0n) is 11.3. The maximum Gasteiger partial charge on any atom is 0.338 e.